The van der Waals surface area contributed by atoms with Gasteiger partial charge < -0.3 is 15.4 Å². The molecule has 3 rings (SSSR count). The summed E-state index contributed by atoms with van der Waals surface area (Å²) in [5.41, 5.74) is 0.669. The maximum absolute atomic E-state index is 12.0. The number of nitrogens with one attached hydrogen (secondary N) is 2. The van der Waals surface area contributed by atoms with Gasteiger partial charge in [0.2, 0.25) is 0 Å². The van der Waals surface area contributed by atoms with Gasteiger partial charge in [-0.05, 0) is 43.7 Å². The SMILES string of the molecule is Cl.Cl.O=C(COc1ccc(Cl)c2cccnc12)NC1CCCNC1. The highest BCUT2D eigenvalue weighted by Gasteiger charge is 2.16. The van der Waals surface area contributed by atoms with Crippen LogP contribution >= 0.6 is 36.4 Å². The normalized spacial score (nSPS) is 16.6. The number of fused-ring (bicyclic) bond motifs is 1. The minimum Gasteiger partial charge on any atom is -0.481 e. The Kier molecular flexibility index (Phi) is 8.56. The largest absolute Gasteiger partial charge is 0.481 e. The van der Waals surface area contributed by atoms with Crippen LogP contribution in [-0.4, -0.2) is 36.6 Å². The highest BCUT2D eigenvalue weighted by molar-refractivity contribution is 6.35. The molecule has 1 aliphatic heterocycles. The lowest BCUT2D eigenvalue weighted by Gasteiger charge is -2.23. The Hall–Kier alpha value is -1.27. The van der Waals surface area contributed by atoms with Crippen LogP contribution in [0.3, 0.4) is 0 Å². The zero-order chi connectivity index (χ0) is 15.4. The molecule has 1 saturated heterocycles. The number of amides is 1. The van der Waals surface area contributed by atoms with Gasteiger partial charge in [-0.25, -0.2) is 0 Å². The average Bonchev–Trinajstić information content (AvgIpc) is 2.55. The molecule has 1 atom stereocenters. The van der Waals surface area contributed by atoms with Crippen LogP contribution in [0.15, 0.2) is 30.5 Å². The lowest BCUT2D eigenvalue weighted by Crippen LogP contribution is -2.47. The van der Waals surface area contributed by atoms with E-state index in [1.165, 1.54) is 0 Å². The Morgan fingerprint density at radius 1 is 1.38 bits per heavy atom. The Balaban J connectivity index is 0.00000144. The van der Waals surface area contributed by atoms with Crippen molar-refractivity contribution in [1.29, 1.82) is 0 Å². The minimum absolute atomic E-state index is 0. The molecule has 1 aliphatic rings. The number of piperidine rings is 1. The van der Waals surface area contributed by atoms with Gasteiger partial charge in [-0.2, -0.15) is 0 Å². The van der Waals surface area contributed by atoms with E-state index in [0.717, 1.165) is 31.3 Å². The topological polar surface area (TPSA) is 63.2 Å². The highest BCUT2D eigenvalue weighted by Crippen LogP contribution is 2.29. The molecule has 0 radical (unpaired) electrons. The molecule has 1 aromatic heterocycles. The molecular weight excluding hydrogens is 373 g/mol. The van der Waals surface area contributed by atoms with Crippen LogP contribution in [-0.2, 0) is 4.79 Å². The second kappa shape index (κ2) is 9.89. The monoisotopic (exact) mass is 391 g/mol. The molecule has 5 nitrogen and oxygen atoms in total. The van der Waals surface area contributed by atoms with Crippen LogP contribution in [0.25, 0.3) is 10.9 Å². The van der Waals surface area contributed by atoms with Gasteiger partial charge in [-0.15, -0.1) is 24.8 Å². The number of rotatable bonds is 4. The first-order valence-corrected chi connectivity index (χ1v) is 7.78. The number of hydrogen-bond acceptors (Lipinski definition) is 4. The van der Waals surface area contributed by atoms with Crippen molar-refractivity contribution in [2.24, 2.45) is 0 Å². The van der Waals surface area contributed by atoms with Crippen molar-refractivity contribution in [2.75, 3.05) is 19.7 Å². The van der Waals surface area contributed by atoms with E-state index in [1.807, 2.05) is 12.1 Å². The van der Waals surface area contributed by atoms with Crippen LogP contribution in [0.5, 0.6) is 5.75 Å². The number of aromatic nitrogens is 1. The molecule has 0 saturated carbocycles. The van der Waals surface area contributed by atoms with Crippen LogP contribution in [0.1, 0.15) is 12.8 Å². The van der Waals surface area contributed by atoms with E-state index in [1.54, 1.807) is 18.3 Å². The molecule has 0 bridgehead atoms. The van der Waals surface area contributed by atoms with Gasteiger partial charge in [0.05, 0.1) is 5.02 Å². The second-order valence-corrected chi connectivity index (χ2v) is 5.75. The van der Waals surface area contributed by atoms with Crippen molar-refractivity contribution in [3.63, 3.8) is 0 Å². The molecule has 2 aromatic rings. The Labute approximate surface area is 158 Å². The summed E-state index contributed by atoms with van der Waals surface area (Å²) >= 11 is 6.14. The van der Waals surface area contributed by atoms with Gasteiger partial charge in [-0.1, -0.05) is 11.6 Å². The number of hydrogen-bond donors (Lipinski definition) is 2. The quantitative estimate of drug-likeness (QED) is 0.839. The van der Waals surface area contributed by atoms with Crippen LogP contribution in [0, 0.1) is 0 Å². The van der Waals surface area contributed by atoms with E-state index in [4.69, 9.17) is 16.3 Å². The van der Waals surface area contributed by atoms with Crippen molar-refractivity contribution in [3.05, 3.63) is 35.5 Å². The maximum Gasteiger partial charge on any atom is 0.258 e. The van der Waals surface area contributed by atoms with E-state index in [2.05, 4.69) is 15.6 Å². The van der Waals surface area contributed by atoms with Gasteiger partial charge >= 0.3 is 0 Å². The summed E-state index contributed by atoms with van der Waals surface area (Å²) in [4.78, 5) is 16.3. The van der Waals surface area contributed by atoms with E-state index < -0.39 is 0 Å². The zero-order valence-corrected chi connectivity index (χ0v) is 15.3. The molecule has 24 heavy (non-hydrogen) atoms. The first-order chi connectivity index (χ1) is 10.7. The summed E-state index contributed by atoms with van der Waals surface area (Å²) in [6, 6.07) is 7.38. The lowest BCUT2D eigenvalue weighted by atomic mass is 10.1. The number of pyridine rings is 1. The first kappa shape index (κ1) is 20.8. The fourth-order valence-corrected chi connectivity index (χ4v) is 2.83. The molecule has 1 fully saturated rings. The molecule has 1 unspecified atom stereocenters. The summed E-state index contributed by atoms with van der Waals surface area (Å²) in [5, 5.41) is 7.68. The highest BCUT2D eigenvalue weighted by atomic mass is 35.5. The Morgan fingerprint density at radius 3 is 2.96 bits per heavy atom. The molecular formula is C16H20Cl3N3O2. The van der Waals surface area contributed by atoms with Gasteiger partial charge in [0.25, 0.3) is 5.91 Å². The summed E-state index contributed by atoms with van der Waals surface area (Å²) in [5.74, 6) is 0.449. The molecule has 0 aliphatic carbocycles. The molecule has 2 N–H and O–H groups in total. The lowest BCUT2D eigenvalue weighted by molar-refractivity contribution is -0.123. The zero-order valence-electron chi connectivity index (χ0n) is 13.0. The van der Waals surface area contributed by atoms with Crippen molar-refractivity contribution < 1.29 is 9.53 Å². The smallest absolute Gasteiger partial charge is 0.258 e. The average molecular weight is 393 g/mol. The van der Waals surface area contributed by atoms with E-state index in [9.17, 15) is 4.79 Å². The molecule has 132 valence electrons. The molecule has 0 spiro atoms. The van der Waals surface area contributed by atoms with Crippen LogP contribution in [0.4, 0.5) is 0 Å². The number of carbonyl (C=O) groups excluding carboxylic acids is 1. The van der Waals surface area contributed by atoms with Gasteiger partial charge in [0.1, 0.15) is 11.3 Å². The maximum atomic E-state index is 12.0. The van der Waals surface area contributed by atoms with Crippen molar-refractivity contribution >= 4 is 53.2 Å². The van der Waals surface area contributed by atoms with Crippen molar-refractivity contribution in [2.45, 2.75) is 18.9 Å². The molecule has 8 heteroatoms. The molecule has 1 amide bonds. The van der Waals surface area contributed by atoms with Gasteiger partial charge in [0.15, 0.2) is 6.61 Å². The predicted molar refractivity (Wildman–Crippen MR) is 101 cm³/mol. The Morgan fingerprint density at radius 2 is 2.21 bits per heavy atom. The van der Waals surface area contributed by atoms with Crippen LogP contribution in [0.2, 0.25) is 5.02 Å². The third-order valence-electron chi connectivity index (χ3n) is 3.70. The summed E-state index contributed by atoms with van der Waals surface area (Å²) in [7, 11) is 0. The summed E-state index contributed by atoms with van der Waals surface area (Å²) in [6.07, 6.45) is 3.76. The molecule has 2 heterocycles. The van der Waals surface area contributed by atoms with Crippen molar-refractivity contribution in [3.8, 4) is 5.75 Å². The standard InChI is InChI=1S/C16H18ClN3O2.2ClH/c17-13-5-6-14(16-12(13)4-2-8-19-16)22-10-15(21)20-11-3-1-7-18-9-11;;/h2,4-6,8,11,18H,1,3,7,9-10H2,(H,20,21);2*1H. The summed E-state index contributed by atoms with van der Waals surface area (Å²) < 4.78 is 5.62. The number of carbonyl (C=O) groups is 1. The second-order valence-electron chi connectivity index (χ2n) is 5.34. The first-order valence-electron chi connectivity index (χ1n) is 7.40. The minimum atomic E-state index is -0.118. The third-order valence-corrected chi connectivity index (χ3v) is 4.03. The number of halogens is 3. The summed E-state index contributed by atoms with van der Waals surface area (Å²) in [6.45, 7) is 1.81. The van der Waals surface area contributed by atoms with E-state index >= 15 is 0 Å². The number of nitrogens with zero attached hydrogens (tertiary/aromatic N) is 1. The van der Waals surface area contributed by atoms with Gasteiger partial charge in [0, 0.05) is 24.2 Å². The van der Waals surface area contributed by atoms with E-state index in [0.29, 0.717) is 16.3 Å². The van der Waals surface area contributed by atoms with Gasteiger partial charge in [-0.3, -0.25) is 9.78 Å². The molecule has 1 aromatic carbocycles. The fourth-order valence-electron chi connectivity index (χ4n) is 2.62. The number of ether oxygens (including phenoxy) is 1. The van der Waals surface area contributed by atoms with Crippen LogP contribution < -0.4 is 15.4 Å². The van der Waals surface area contributed by atoms with Crippen molar-refractivity contribution in [1.82, 2.24) is 15.6 Å². The number of benzene rings is 1. The predicted octanol–water partition coefficient (Wildman–Crippen LogP) is 2.98. The Bertz CT molecular complexity index is 679. The third kappa shape index (κ3) is 5.11. The van der Waals surface area contributed by atoms with E-state index in [-0.39, 0.29) is 43.4 Å². The fraction of sp³-hybridized carbons (Fsp3) is 0.375.